The van der Waals surface area contributed by atoms with Crippen molar-refractivity contribution in [2.75, 3.05) is 18.0 Å². The van der Waals surface area contributed by atoms with E-state index in [0.717, 1.165) is 13.1 Å². The van der Waals surface area contributed by atoms with Gasteiger partial charge in [0.25, 0.3) is 5.56 Å². The third kappa shape index (κ3) is 2.59. The van der Waals surface area contributed by atoms with E-state index in [1.54, 1.807) is 6.20 Å². The van der Waals surface area contributed by atoms with Crippen molar-refractivity contribution in [3.8, 4) is 0 Å². The maximum atomic E-state index is 11.4. The number of aromatic nitrogens is 2. The van der Waals surface area contributed by atoms with Crippen molar-refractivity contribution >= 4 is 21.9 Å². The van der Waals surface area contributed by atoms with Crippen LogP contribution in [0.2, 0.25) is 0 Å². The number of anilines is 1. The van der Waals surface area contributed by atoms with Gasteiger partial charge in [0.05, 0.1) is 6.20 Å². The quantitative estimate of drug-likeness (QED) is 0.849. The van der Waals surface area contributed by atoms with Crippen LogP contribution in [0, 0.1) is 0 Å². The number of hydrogen-bond donors (Lipinski definition) is 1. The van der Waals surface area contributed by atoms with E-state index in [1.807, 2.05) is 0 Å². The van der Waals surface area contributed by atoms with Crippen molar-refractivity contribution in [3.05, 3.63) is 21.0 Å². The van der Waals surface area contributed by atoms with E-state index in [4.69, 9.17) is 0 Å². The fraction of sp³-hybridized carbons (Fsp3) is 0.600. The SMILES string of the molecule is O=c1[nH]c(N2CCCCCC2)ncc1Br. The molecule has 0 bridgehead atoms. The van der Waals surface area contributed by atoms with Crippen LogP contribution in [-0.4, -0.2) is 23.1 Å². The summed E-state index contributed by atoms with van der Waals surface area (Å²) in [4.78, 5) is 20.6. The summed E-state index contributed by atoms with van der Waals surface area (Å²) in [6, 6.07) is 0. The van der Waals surface area contributed by atoms with Gasteiger partial charge in [-0.3, -0.25) is 9.78 Å². The number of H-pyrrole nitrogens is 1. The van der Waals surface area contributed by atoms with Gasteiger partial charge in [-0.15, -0.1) is 0 Å². The van der Waals surface area contributed by atoms with Gasteiger partial charge in [0, 0.05) is 13.1 Å². The second-order valence-electron chi connectivity index (χ2n) is 3.79. The maximum absolute atomic E-state index is 11.4. The second-order valence-corrected chi connectivity index (χ2v) is 4.64. The minimum absolute atomic E-state index is 0.107. The third-order valence-corrected chi connectivity index (χ3v) is 3.21. The standard InChI is InChI=1S/C10H14BrN3O/c11-8-7-12-10(13-9(8)15)14-5-3-1-2-4-6-14/h7H,1-6H2,(H,12,13,15). The van der Waals surface area contributed by atoms with Gasteiger partial charge in [-0.2, -0.15) is 0 Å². The van der Waals surface area contributed by atoms with Crippen LogP contribution in [0.1, 0.15) is 25.7 Å². The van der Waals surface area contributed by atoms with Crippen LogP contribution in [0.25, 0.3) is 0 Å². The summed E-state index contributed by atoms with van der Waals surface area (Å²) in [6.07, 6.45) is 6.48. The summed E-state index contributed by atoms with van der Waals surface area (Å²) >= 11 is 3.14. The molecule has 1 N–H and O–H groups in total. The van der Waals surface area contributed by atoms with Gasteiger partial charge in [-0.1, -0.05) is 12.8 Å². The molecule has 0 aromatic carbocycles. The largest absolute Gasteiger partial charge is 0.342 e. The van der Waals surface area contributed by atoms with E-state index in [-0.39, 0.29) is 5.56 Å². The average molecular weight is 272 g/mol. The number of aromatic amines is 1. The fourth-order valence-electron chi connectivity index (χ4n) is 1.81. The molecule has 0 amide bonds. The number of rotatable bonds is 1. The van der Waals surface area contributed by atoms with Crippen LogP contribution in [0.5, 0.6) is 0 Å². The van der Waals surface area contributed by atoms with Crippen molar-refractivity contribution in [1.82, 2.24) is 9.97 Å². The van der Waals surface area contributed by atoms with Crippen LogP contribution in [-0.2, 0) is 0 Å². The van der Waals surface area contributed by atoms with Crippen molar-refractivity contribution in [2.45, 2.75) is 25.7 Å². The smallest absolute Gasteiger partial charge is 0.266 e. The molecule has 5 heteroatoms. The van der Waals surface area contributed by atoms with Crippen LogP contribution in [0.3, 0.4) is 0 Å². The summed E-state index contributed by atoms with van der Waals surface area (Å²) in [5.74, 6) is 0.699. The number of halogens is 1. The minimum atomic E-state index is -0.107. The van der Waals surface area contributed by atoms with Gasteiger partial charge >= 0.3 is 0 Å². The molecule has 0 unspecified atom stereocenters. The summed E-state index contributed by atoms with van der Waals surface area (Å²) < 4.78 is 0.487. The Morgan fingerprint density at radius 2 is 1.93 bits per heavy atom. The highest BCUT2D eigenvalue weighted by molar-refractivity contribution is 9.10. The minimum Gasteiger partial charge on any atom is -0.342 e. The molecule has 1 saturated heterocycles. The van der Waals surface area contributed by atoms with E-state index in [0.29, 0.717) is 10.4 Å². The highest BCUT2D eigenvalue weighted by Crippen LogP contribution is 2.14. The molecular formula is C10H14BrN3O. The van der Waals surface area contributed by atoms with Gasteiger partial charge in [0.2, 0.25) is 5.95 Å². The molecule has 4 nitrogen and oxygen atoms in total. The normalized spacial score (nSPS) is 17.5. The number of nitrogens with zero attached hydrogens (tertiary/aromatic N) is 2. The van der Waals surface area contributed by atoms with Crippen LogP contribution >= 0.6 is 15.9 Å². The molecule has 1 aliphatic rings. The van der Waals surface area contributed by atoms with E-state index < -0.39 is 0 Å². The molecule has 0 aliphatic carbocycles. The molecule has 0 atom stereocenters. The molecule has 0 spiro atoms. The van der Waals surface area contributed by atoms with Gasteiger partial charge in [0.15, 0.2) is 0 Å². The Morgan fingerprint density at radius 1 is 1.27 bits per heavy atom. The topological polar surface area (TPSA) is 49.0 Å². The molecule has 0 saturated carbocycles. The second kappa shape index (κ2) is 4.79. The summed E-state index contributed by atoms with van der Waals surface area (Å²) in [6.45, 7) is 1.98. The summed E-state index contributed by atoms with van der Waals surface area (Å²) in [5, 5.41) is 0. The van der Waals surface area contributed by atoms with Crippen molar-refractivity contribution in [3.63, 3.8) is 0 Å². The maximum Gasteiger partial charge on any atom is 0.266 e. The van der Waals surface area contributed by atoms with Gasteiger partial charge in [-0.25, -0.2) is 4.98 Å². The Kier molecular flexibility index (Phi) is 3.41. The molecule has 1 aromatic rings. The number of hydrogen-bond acceptors (Lipinski definition) is 3. The highest BCUT2D eigenvalue weighted by Gasteiger charge is 2.11. The lowest BCUT2D eigenvalue weighted by atomic mass is 10.2. The summed E-state index contributed by atoms with van der Waals surface area (Å²) in [5.41, 5.74) is -0.107. The molecule has 1 fully saturated rings. The zero-order valence-corrected chi connectivity index (χ0v) is 10.1. The molecular weight excluding hydrogens is 258 g/mol. The predicted octanol–water partition coefficient (Wildman–Crippen LogP) is 1.91. The first-order valence-corrected chi connectivity index (χ1v) is 6.06. The predicted molar refractivity (Wildman–Crippen MR) is 63.2 cm³/mol. The third-order valence-electron chi connectivity index (χ3n) is 2.65. The lowest BCUT2D eigenvalue weighted by Gasteiger charge is -2.20. The zero-order chi connectivity index (χ0) is 10.7. The number of nitrogens with one attached hydrogen (secondary N) is 1. The Balaban J connectivity index is 2.20. The molecule has 1 aromatic heterocycles. The highest BCUT2D eigenvalue weighted by atomic mass is 79.9. The Morgan fingerprint density at radius 3 is 2.53 bits per heavy atom. The van der Waals surface area contributed by atoms with Crippen molar-refractivity contribution in [1.29, 1.82) is 0 Å². The summed E-state index contributed by atoms with van der Waals surface area (Å²) in [7, 11) is 0. The first-order valence-electron chi connectivity index (χ1n) is 5.27. The molecule has 0 radical (unpaired) electrons. The molecule has 1 aliphatic heterocycles. The van der Waals surface area contributed by atoms with Crippen LogP contribution < -0.4 is 10.5 Å². The fourth-order valence-corrected chi connectivity index (χ4v) is 2.01. The molecule has 15 heavy (non-hydrogen) atoms. The first kappa shape index (κ1) is 10.7. The monoisotopic (exact) mass is 271 g/mol. The molecule has 2 rings (SSSR count). The van der Waals surface area contributed by atoms with Crippen molar-refractivity contribution in [2.24, 2.45) is 0 Å². The lowest BCUT2D eigenvalue weighted by molar-refractivity contribution is 0.726. The Labute approximate surface area is 96.8 Å². The lowest BCUT2D eigenvalue weighted by Crippen LogP contribution is -2.28. The van der Waals surface area contributed by atoms with E-state index in [1.165, 1.54) is 25.7 Å². The van der Waals surface area contributed by atoms with Gasteiger partial charge < -0.3 is 4.90 Å². The molecule has 82 valence electrons. The van der Waals surface area contributed by atoms with Crippen LogP contribution in [0.15, 0.2) is 15.5 Å². The Hall–Kier alpha value is -0.840. The van der Waals surface area contributed by atoms with Gasteiger partial charge in [-0.05, 0) is 28.8 Å². The first-order chi connectivity index (χ1) is 7.27. The Bertz CT molecular complexity index is 382. The van der Waals surface area contributed by atoms with E-state index in [9.17, 15) is 4.79 Å². The van der Waals surface area contributed by atoms with Crippen molar-refractivity contribution < 1.29 is 0 Å². The van der Waals surface area contributed by atoms with Crippen LogP contribution in [0.4, 0.5) is 5.95 Å². The van der Waals surface area contributed by atoms with Gasteiger partial charge in [0.1, 0.15) is 4.47 Å². The zero-order valence-electron chi connectivity index (χ0n) is 8.50. The van der Waals surface area contributed by atoms with E-state index in [2.05, 4.69) is 30.8 Å². The van der Waals surface area contributed by atoms with E-state index >= 15 is 0 Å². The molecule has 2 heterocycles. The average Bonchev–Trinajstić information content (AvgIpc) is 2.50.